The lowest BCUT2D eigenvalue weighted by atomic mass is 10.3. The van der Waals surface area contributed by atoms with Gasteiger partial charge in [0, 0.05) is 38.4 Å². The first kappa shape index (κ1) is 9.27. The van der Waals surface area contributed by atoms with E-state index < -0.39 is 0 Å². The summed E-state index contributed by atoms with van der Waals surface area (Å²) in [6.07, 6.45) is 1.78. The summed E-state index contributed by atoms with van der Waals surface area (Å²) >= 11 is 0. The van der Waals surface area contributed by atoms with Crippen molar-refractivity contribution in [2.45, 2.75) is 0 Å². The number of anilines is 1. The summed E-state index contributed by atoms with van der Waals surface area (Å²) < 4.78 is 5.16. The van der Waals surface area contributed by atoms with Crippen molar-refractivity contribution in [3.05, 3.63) is 18.3 Å². The predicted octanol–water partition coefficient (Wildman–Crippen LogP) is 0.515. The molecular weight excluding hydrogens is 178 g/mol. The maximum absolute atomic E-state index is 5.16. The number of hydrogen-bond acceptors (Lipinski definition) is 3. The van der Waals surface area contributed by atoms with Gasteiger partial charge >= 0.3 is 0 Å². The van der Waals surface area contributed by atoms with Crippen molar-refractivity contribution in [1.29, 1.82) is 0 Å². The predicted molar refractivity (Wildman–Crippen MR) is 54.9 cm³/mol. The fourth-order valence-electron chi connectivity index (χ4n) is 1.54. The molecule has 4 nitrogen and oxygen atoms in total. The van der Waals surface area contributed by atoms with Gasteiger partial charge in [-0.2, -0.15) is 0 Å². The third-order valence-electron chi connectivity index (χ3n) is 2.33. The van der Waals surface area contributed by atoms with Crippen LogP contribution in [0.1, 0.15) is 0 Å². The lowest BCUT2D eigenvalue weighted by molar-refractivity contribution is 0.414. The molecule has 0 amide bonds. The molecular formula is C10H14N3O. The molecule has 1 aliphatic heterocycles. The molecule has 0 spiro atoms. The Labute approximate surface area is 83.9 Å². The first-order valence-electron chi connectivity index (χ1n) is 4.78. The standard InChI is InChI=1S/C10H14N3O/c1-14-9-2-3-12-10(8-9)13-6-4-11-5-7-13/h2-3,8H,4-7H2,1H3. The molecule has 0 bridgehead atoms. The fraction of sp³-hybridized carbons (Fsp3) is 0.500. The SMILES string of the molecule is COc1ccnc(N2CC[N]CC2)c1. The molecule has 2 rings (SSSR count). The fourth-order valence-corrected chi connectivity index (χ4v) is 1.54. The molecule has 0 unspecified atom stereocenters. The molecule has 1 aromatic heterocycles. The first-order chi connectivity index (χ1) is 6.90. The van der Waals surface area contributed by atoms with Gasteiger partial charge in [0.2, 0.25) is 0 Å². The van der Waals surface area contributed by atoms with E-state index >= 15 is 0 Å². The second kappa shape index (κ2) is 4.28. The number of rotatable bonds is 2. The van der Waals surface area contributed by atoms with Gasteiger partial charge in [0.15, 0.2) is 0 Å². The van der Waals surface area contributed by atoms with Crippen LogP contribution in [0.15, 0.2) is 18.3 Å². The van der Waals surface area contributed by atoms with Gasteiger partial charge in [-0.3, -0.25) is 0 Å². The molecule has 2 heterocycles. The maximum Gasteiger partial charge on any atom is 0.132 e. The number of hydrogen-bond donors (Lipinski definition) is 0. The van der Waals surface area contributed by atoms with Crippen LogP contribution in [-0.2, 0) is 0 Å². The Kier molecular flexibility index (Phi) is 2.84. The van der Waals surface area contributed by atoms with Gasteiger partial charge in [0.25, 0.3) is 0 Å². The highest BCUT2D eigenvalue weighted by molar-refractivity contribution is 5.43. The van der Waals surface area contributed by atoms with E-state index in [9.17, 15) is 0 Å². The van der Waals surface area contributed by atoms with E-state index in [-0.39, 0.29) is 0 Å². The lowest BCUT2D eigenvalue weighted by Gasteiger charge is -2.27. The van der Waals surface area contributed by atoms with Crippen molar-refractivity contribution in [3.8, 4) is 5.75 Å². The Bertz CT molecular complexity index is 297. The molecule has 1 saturated heterocycles. The molecule has 1 aromatic rings. The maximum atomic E-state index is 5.16. The zero-order valence-corrected chi connectivity index (χ0v) is 8.31. The largest absolute Gasteiger partial charge is 0.497 e. The van der Waals surface area contributed by atoms with Crippen molar-refractivity contribution >= 4 is 5.82 Å². The number of pyridine rings is 1. The smallest absolute Gasteiger partial charge is 0.132 e. The van der Waals surface area contributed by atoms with E-state index in [0.29, 0.717) is 0 Å². The van der Waals surface area contributed by atoms with Gasteiger partial charge in [-0.1, -0.05) is 0 Å². The topological polar surface area (TPSA) is 39.5 Å². The molecule has 14 heavy (non-hydrogen) atoms. The van der Waals surface area contributed by atoms with Gasteiger partial charge in [-0.25, -0.2) is 10.3 Å². The first-order valence-corrected chi connectivity index (χ1v) is 4.78. The van der Waals surface area contributed by atoms with Gasteiger partial charge < -0.3 is 9.64 Å². The van der Waals surface area contributed by atoms with Crippen LogP contribution in [-0.4, -0.2) is 38.3 Å². The summed E-state index contributed by atoms with van der Waals surface area (Å²) in [5, 5.41) is 4.29. The molecule has 1 aliphatic rings. The lowest BCUT2D eigenvalue weighted by Crippen LogP contribution is -2.40. The van der Waals surface area contributed by atoms with Crippen LogP contribution in [0.5, 0.6) is 5.75 Å². The van der Waals surface area contributed by atoms with Crippen LogP contribution >= 0.6 is 0 Å². The average Bonchev–Trinajstić information content (AvgIpc) is 2.30. The molecule has 1 radical (unpaired) electrons. The second-order valence-corrected chi connectivity index (χ2v) is 3.21. The minimum Gasteiger partial charge on any atom is -0.497 e. The van der Waals surface area contributed by atoms with Crippen molar-refractivity contribution < 1.29 is 4.74 Å². The molecule has 75 valence electrons. The van der Waals surface area contributed by atoms with E-state index in [2.05, 4.69) is 15.2 Å². The quantitative estimate of drug-likeness (QED) is 0.685. The highest BCUT2D eigenvalue weighted by Gasteiger charge is 2.12. The summed E-state index contributed by atoms with van der Waals surface area (Å²) in [5.41, 5.74) is 0. The van der Waals surface area contributed by atoms with Crippen LogP contribution < -0.4 is 15.0 Å². The minimum atomic E-state index is 0.859. The Morgan fingerprint density at radius 2 is 2.14 bits per heavy atom. The summed E-state index contributed by atoms with van der Waals surface area (Å²) in [4.78, 5) is 6.55. The normalized spacial score (nSPS) is 16.8. The van der Waals surface area contributed by atoms with E-state index in [1.807, 2.05) is 12.1 Å². The van der Waals surface area contributed by atoms with Crippen LogP contribution in [0, 0.1) is 0 Å². The van der Waals surface area contributed by atoms with Crippen molar-refractivity contribution in [1.82, 2.24) is 10.3 Å². The van der Waals surface area contributed by atoms with Crippen LogP contribution in [0.4, 0.5) is 5.82 Å². The zero-order valence-electron chi connectivity index (χ0n) is 8.31. The summed E-state index contributed by atoms with van der Waals surface area (Å²) in [7, 11) is 1.67. The number of piperazine rings is 1. The van der Waals surface area contributed by atoms with Gasteiger partial charge in [0.05, 0.1) is 7.11 Å². The van der Waals surface area contributed by atoms with E-state index in [0.717, 1.165) is 37.7 Å². The van der Waals surface area contributed by atoms with Crippen molar-refractivity contribution in [2.75, 3.05) is 38.2 Å². The minimum absolute atomic E-state index is 0.859. The van der Waals surface area contributed by atoms with Gasteiger partial charge in [0.1, 0.15) is 11.6 Å². The van der Waals surface area contributed by atoms with Gasteiger partial charge in [-0.05, 0) is 6.07 Å². The van der Waals surface area contributed by atoms with Crippen LogP contribution in [0.2, 0.25) is 0 Å². The Morgan fingerprint density at radius 1 is 1.36 bits per heavy atom. The molecule has 0 saturated carbocycles. The van der Waals surface area contributed by atoms with E-state index in [1.54, 1.807) is 13.3 Å². The molecule has 0 aliphatic carbocycles. The van der Waals surface area contributed by atoms with Crippen molar-refractivity contribution in [3.63, 3.8) is 0 Å². The Morgan fingerprint density at radius 3 is 2.86 bits per heavy atom. The highest BCUT2D eigenvalue weighted by atomic mass is 16.5. The van der Waals surface area contributed by atoms with E-state index in [1.165, 1.54) is 0 Å². The van der Waals surface area contributed by atoms with E-state index in [4.69, 9.17) is 4.74 Å². The average molecular weight is 192 g/mol. The molecule has 0 N–H and O–H groups in total. The molecule has 4 heteroatoms. The molecule has 0 atom stereocenters. The molecule has 0 aromatic carbocycles. The van der Waals surface area contributed by atoms with Gasteiger partial charge in [-0.15, -0.1) is 0 Å². The molecule has 1 fully saturated rings. The summed E-state index contributed by atoms with van der Waals surface area (Å²) in [5.74, 6) is 1.84. The number of ether oxygens (including phenoxy) is 1. The number of aromatic nitrogens is 1. The Balaban J connectivity index is 2.13. The summed E-state index contributed by atoms with van der Waals surface area (Å²) in [6, 6.07) is 3.82. The van der Waals surface area contributed by atoms with Crippen molar-refractivity contribution in [2.24, 2.45) is 0 Å². The number of methoxy groups -OCH3 is 1. The van der Waals surface area contributed by atoms with Crippen LogP contribution in [0.3, 0.4) is 0 Å². The third kappa shape index (κ3) is 1.96. The number of nitrogens with zero attached hydrogens (tertiary/aromatic N) is 3. The third-order valence-corrected chi connectivity index (χ3v) is 2.33. The highest BCUT2D eigenvalue weighted by Crippen LogP contribution is 2.17. The zero-order chi connectivity index (χ0) is 9.80. The Hall–Kier alpha value is -1.29. The summed E-state index contributed by atoms with van der Waals surface area (Å²) in [6.45, 7) is 3.72. The second-order valence-electron chi connectivity index (χ2n) is 3.21. The monoisotopic (exact) mass is 192 g/mol. The van der Waals surface area contributed by atoms with Crippen LogP contribution in [0.25, 0.3) is 0 Å².